The van der Waals surface area contributed by atoms with Gasteiger partial charge in [-0.1, -0.05) is 18.2 Å². The second kappa shape index (κ2) is 6.32. The first-order chi connectivity index (χ1) is 10.7. The van der Waals surface area contributed by atoms with E-state index in [1.54, 1.807) is 13.2 Å². The molecule has 0 spiro atoms. The minimum atomic E-state index is -0.815. The second-order valence-electron chi connectivity index (χ2n) is 5.33. The highest BCUT2D eigenvalue weighted by Crippen LogP contribution is 2.29. The van der Waals surface area contributed by atoms with Crippen LogP contribution >= 0.6 is 0 Å². The Morgan fingerprint density at radius 1 is 1.05 bits per heavy atom. The highest BCUT2D eigenvalue weighted by Gasteiger charge is 2.29. The number of likely N-dealkylation sites (tertiary alicyclic amines) is 1. The fourth-order valence-corrected chi connectivity index (χ4v) is 2.52. The predicted octanol–water partition coefficient (Wildman–Crippen LogP) is 3.24. The largest absolute Gasteiger partial charge is 0.493 e. The van der Waals surface area contributed by atoms with Gasteiger partial charge in [-0.3, -0.25) is 4.90 Å². The molecule has 3 nitrogen and oxygen atoms in total. The van der Waals surface area contributed by atoms with Gasteiger partial charge in [0.15, 0.2) is 23.1 Å². The molecule has 3 rings (SSSR count). The topological polar surface area (TPSA) is 21.7 Å². The number of rotatable bonds is 5. The first-order valence-electron chi connectivity index (χ1n) is 7.11. The number of hydrogen-bond acceptors (Lipinski definition) is 3. The van der Waals surface area contributed by atoms with Crippen molar-refractivity contribution in [2.45, 2.75) is 12.6 Å². The maximum Gasteiger partial charge on any atom is 0.161 e. The Balaban J connectivity index is 1.52. The van der Waals surface area contributed by atoms with Crippen LogP contribution in [0.4, 0.5) is 8.78 Å². The van der Waals surface area contributed by atoms with Crippen molar-refractivity contribution < 1.29 is 18.3 Å². The normalized spacial score (nSPS) is 15.4. The Bertz CT molecular complexity index is 657. The van der Waals surface area contributed by atoms with Gasteiger partial charge in [-0.05, 0) is 29.8 Å². The molecule has 1 heterocycles. The summed E-state index contributed by atoms with van der Waals surface area (Å²) in [6.07, 6.45) is 0.0848. The Labute approximate surface area is 128 Å². The van der Waals surface area contributed by atoms with Crippen LogP contribution in [0.15, 0.2) is 42.5 Å². The van der Waals surface area contributed by atoms with Crippen LogP contribution in [0.25, 0.3) is 0 Å². The molecule has 0 amide bonds. The van der Waals surface area contributed by atoms with Gasteiger partial charge in [-0.2, -0.15) is 0 Å². The van der Waals surface area contributed by atoms with Crippen LogP contribution in [0, 0.1) is 11.6 Å². The van der Waals surface area contributed by atoms with Crippen LogP contribution in [0.5, 0.6) is 11.5 Å². The second-order valence-corrected chi connectivity index (χ2v) is 5.33. The van der Waals surface area contributed by atoms with Gasteiger partial charge in [-0.25, -0.2) is 8.78 Å². The van der Waals surface area contributed by atoms with Crippen molar-refractivity contribution in [3.63, 3.8) is 0 Å². The Morgan fingerprint density at radius 3 is 2.45 bits per heavy atom. The average molecular weight is 305 g/mol. The maximum atomic E-state index is 13.2. The summed E-state index contributed by atoms with van der Waals surface area (Å²) in [4.78, 5) is 2.12. The monoisotopic (exact) mass is 305 g/mol. The van der Waals surface area contributed by atoms with Crippen LogP contribution in [0.3, 0.4) is 0 Å². The van der Waals surface area contributed by atoms with E-state index >= 15 is 0 Å². The lowest BCUT2D eigenvalue weighted by atomic mass is 10.1. The summed E-state index contributed by atoms with van der Waals surface area (Å²) in [5, 5.41) is 0. The summed E-state index contributed by atoms with van der Waals surface area (Å²) < 4.78 is 37.2. The van der Waals surface area contributed by atoms with E-state index in [9.17, 15) is 8.78 Å². The molecule has 1 fully saturated rings. The number of halogens is 2. The van der Waals surface area contributed by atoms with Crippen LogP contribution in [-0.2, 0) is 6.54 Å². The number of para-hydroxylation sites is 2. The molecule has 5 heteroatoms. The van der Waals surface area contributed by atoms with Gasteiger partial charge < -0.3 is 9.47 Å². The van der Waals surface area contributed by atoms with E-state index < -0.39 is 11.6 Å². The average Bonchev–Trinajstić information content (AvgIpc) is 2.49. The minimum Gasteiger partial charge on any atom is -0.493 e. The van der Waals surface area contributed by atoms with E-state index in [4.69, 9.17) is 9.47 Å². The van der Waals surface area contributed by atoms with Gasteiger partial charge in [-0.15, -0.1) is 0 Å². The number of benzene rings is 2. The zero-order valence-electron chi connectivity index (χ0n) is 12.3. The number of hydrogen-bond donors (Lipinski definition) is 0. The standard InChI is InChI=1S/C17H17F2NO2/c1-21-16-4-2-3-5-17(16)22-13-10-20(11-13)9-12-6-7-14(18)15(19)8-12/h2-8,13H,9-11H2,1H3. The quantitative estimate of drug-likeness (QED) is 0.846. The number of methoxy groups -OCH3 is 1. The van der Waals surface area contributed by atoms with Gasteiger partial charge in [0.05, 0.1) is 7.11 Å². The summed E-state index contributed by atoms with van der Waals surface area (Å²) in [6, 6.07) is 11.5. The van der Waals surface area contributed by atoms with Crippen molar-refractivity contribution in [3.8, 4) is 11.5 Å². The Kier molecular flexibility index (Phi) is 4.24. The molecule has 0 saturated carbocycles. The van der Waals surface area contributed by atoms with Gasteiger partial charge >= 0.3 is 0 Å². The summed E-state index contributed by atoms with van der Waals surface area (Å²) in [5.41, 5.74) is 0.759. The molecule has 0 aromatic heterocycles. The lowest BCUT2D eigenvalue weighted by Gasteiger charge is -2.39. The fraction of sp³-hybridized carbons (Fsp3) is 0.294. The molecular formula is C17H17F2NO2. The van der Waals surface area contributed by atoms with Crippen molar-refractivity contribution in [1.29, 1.82) is 0 Å². The van der Waals surface area contributed by atoms with Crippen LogP contribution in [0.2, 0.25) is 0 Å². The molecule has 0 unspecified atom stereocenters. The lowest BCUT2D eigenvalue weighted by molar-refractivity contribution is 0.0130. The molecular weight excluding hydrogens is 288 g/mol. The van der Waals surface area contributed by atoms with Crippen LogP contribution in [0.1, 0.15) is 5.56 Å². The van der Waals surface area contributed by atoms with E-state index in [0.717, 1.165) is 30.5 Å². The fourth-order valence-electron chi connectivity index (χ4n) is 2.52. The van der Waals surface area contributed by atoms with Crippen molar-refractivity contribution in [3.05, 3.63) is 59.7 Å². The molecule has 0 bridgehead atoms. The summed E-state index contributed by atoms with van der Waals surface area (Å²) >= 11 is 0. The molecule has 0 atom stereocenters. The van der Waals surface area contributed by atoms with Gasteiger partial charge in [0.1, 0.15) is 6.10 Å². The van der Waals surface area contributed by atoms with Crippen LogP contribution < -0.4 is 9.47 Å². The zero-order chi connectivity index (χ0) is 15.5. The van der Waals surface area contributed by atoms with E-state index in [2.05, 4.69) is 4.90 Å². The highest BCUT2D eigenvalue weighted by molar-refractivity contribution is 5.39. The predicted molar refractivity (Wildman–Crippen MR) is 79.0 cm³/mol. The molecule has 1 aliphatic rings. The molecule has 1 saturated heterocycles. The van der Waals surface area contributed by atoms with Gasteiger partial charge in [0.2, 0.25) is 0 Å². The lowest BCUT2D eigenvalue weighted by Crippen LogP contribution is -2.53. The first-order valence-corrected chi connectivity index (χ1v) is 7.11. The first kappa shape index (κ1) is 14.8. The van der Waals surface area contributed by atoms with Crippen molar-refractivity contribution in [2.75, 3.05) is 20.2 Å². The third-order valence-corrected chi connectivity index (χ3v) is 3.68. The molecule has 116 valence electrons. The van der Waals surface area contributed by atoms with Gasteiger partial charge in [0.25, 0.3) is 0 Å². The van der Waals surface area contributed by atoms with Crippen LogP contribution in [-0.4, -0.2) is 31.2 Å². The summed E-state index contributed by atoms with van der Waals surface area (Å²) in [5.74, 6) is -0.186. The number of nitrogens with zero attached hydrogens (tertiary/aromatic N) is 1. The molecule has 2 aromatic rings. The zero-order valence-corrected chi connectivity index (χ0v) is 12.3. The molecule has 0 aliphatic carbocycles. The highest BCUT2D eigenvalue weighted by atomic mass is 19.2. The minimum absolute atomic E-state index is 0.0848. The maximum absolute atomic E-state index is 13.2. The Hall–Kier alpha value is -2.14. The molecule has 2 aromatic carbocycles. The van der Waals surface area contributed by atoms with Crippen molar-refractivity contribution >= 4 is 0 Å². The van der Waals surface area contributed by atoms with E-state index in [1.807, 2.05) is 24.3 Å². The van der Waals surface area contributed by atoms with Gasteiger partial charge in [0, 0.05) is 19.6 Å². The van der Waals surface area contributed by atoms with E-state index in [-0.39, 0.29) is 6.10 Å². The third-order valence-electron chi connectivity index (χ3n) is 3.68. The Morgan fingerprint density at radius 2 is 1.77 bits per heavy atom. The molecule has 22 heavy (non-hydrogen) atoms. The van der Waals surface area contributed by atoms with Crippen molar-refractivity contribution in [1.82, 2.24) is 4.90 Å². The SMILES string of the molecule is COc1ccccc1OC1CN(Cc2ccc(F)c(F)c2)C1. The van der Waals surface area contributed by atoms with E-state index in [0.29, 0.717) is 12.3 Å². The summed E-state index contributed by atoms with van der Waals surface area (Å²) in [6.45, 7) is 2.08. The molecule has 1 aliphatic heterocycles. The molecule has 0 radical (unpaired) electrons. The van der Waals surface area contributed by atoms with E-state index in [1.165, 1.54) is 6.07 Å². The summed E-state index contributed by atoms with van der Waals surface area (Å²) in [7, 11) is 1.61. The third kappa shape index (κ3) is 3.20. The van der Waals surface area contributed by atoms with Crippen molar-refractivity contribution in [2.24, 2.45) is 0 Å². The molecule has 0 N–H and O–H groups in total. The smallest absolute Gasteiger partial charge is 0.161 e. The number of ether oxygens (including phenoxy) is 2.